The lowest BCUT2D eigenvalue weighted by atomic mass is 9.91. The lowest BCUT2D eigenvalue weighted by molar-refractivity contribution is -0.142. The maximum atomic E-state index is 12.5. The molecule has 1 fully saturated rings. The van der Waals surface area contributed by atoms with Crippen molar-refractivity contribution in [2.45, 2.75) is 31.2 Å². The molecule has 1 saturated carbocycles. The third-order valence-electron chi connectivity index (χ3n) is 7.12. The second kappa shape index (κ2) is 9.33. The number of carbonyl (C=O) groups is 3. The summed E-state index contributed by atoms with van der Waals surface area (Å²) >= 11 is 0. The number of allylic oxidation sites excluding steroid dienone is 1. The summed E-state index contributed by atoms with van der Waals surface area (Å²) in [6, 6.07) is 16.1. The number of ether oxygens (including phenoxy) is 1. The monoisotopic (exact) mass is 460 g/mol. The van der Waals surface area contributed by atoms with Crippen molar-refractivity contribution in [3.05, 3.63) is 71.8 Å². The Kier molecular flexibility index (Phi) is 6.09. The van der Waals surface area contributed by atoms with Crippen molar-refractivity contribution < 1.29 is 24.2 Å². The summed E-state index contributed by atoms with van der Waals surface area (Å²) in [4.78, 5) is 36.0. The average Bonchev–Trinajstić information content (AvgIpc) is 3.57. The molecule has 34 heavy (non-hydrogen) atoms. The normalized spacial score (nSPS) is 24.6. The van der Waals surface area contributed by atoms with E-state index in [4.69, 9.17) is 4.74 Å². The highest BCUT2D eigenvalue weighted by Gasteiger charge is 2.43. The van der Waals surface area contributed by atoms with Gasteiger partial charge in [-0.3, -0.25) is 9.59 Å². The zero-order chi connectivity index (χ0) is 23.7. The molecule has 176 valence electrons. The molecule has 7 heteroatoms. The van der Waals surface area contributed by atoms with E-state index in [2.05, 4.69) is 34.9 Å². The van der Waals surface area contributed by atoms with Crippen LogP contribution in [0.1, 0.15) is 36.3 Å². The molecule has 0 bridgehead atoms. The van der Waals surface area contributed by atoms with E-state index in [0.29, 0.717) is 25.8 Å². The molecule has 4 atom stereocenters. The fourth-order valence-corrected chi connectivity index (χ4v) is 5.15. The van der Waals surface area contributed by atoms with Gasteiger partial charge in [-0.15, -0.1) is 0 Å². The van der Waals surface area contributed by atoms with E-state index in [1.165, 1.54) is 11.1 Å². The molecule has 0 aliphatic heterocycles. The van der Waals surface area contributed by atoms with Gasteiger partial charge in [0.2, 0.25) is 5.91 Å². The molecule has 3 aliphatic carbocycles. The van der Waals surface area contributed by atoms with Gasteiger partial charge in [0.05, 0.1) is 5.92 Å². The Morgan fingerprint density at radius 3 is 2.32 bits per heavy atom. The third-order valence-corrected chi connectivity index (χ3v) is 7.12. The van der Waals surface area contributed by atoms with Crippen LogP contribution in [-0.2, 0) is 14.3 Å². The predicted molar refractivity (Wildman–Crippen MR) is 126 cm³/mol. The minimum Gasteiger partial charge on any atom is -0.481 e. The summed E-state index contributed by atoms with van der Waals surface area (Å²) in [5.74, 6) is -1.45. The standard InChI is InChI=1S/C27H28N2O5/c30-25(29-18-7-5-6-16(12-18)26(31)32)23-13-17(23)14-28-27(33)34-15-24-21-10-3-1-8-19(21)20-9-2-4-11-22(20)24/h1-5,7-11,16-18,23-24H,6,12-15H2,(H,28,33)(H,29,30)(H,31,32)/t16-,17?,18-,23?/m1/s1. The number of alkyl carbamates (subject to hydrolysis) is 1. The molecular formula is C27H28N2O5. The summed E-state index contributed by atoms with van der Waals surface area (Å²) in [7, 11) is 0. The molecular weight excluding hydrogens is 432 g/mol. The molecule has 2 amide bonds. The number of hydrogen-bond donors (Lipinski definition) is 3. The van der Waals surface area contributed by atoms with Gasteiger partial charge in [0, 0.05) is 24.4 Å². The predicted octanol–water partition coefficient (Wildman–Crippen LogP) is 3.70. The summed E-state index contributed by atoms with van der Waals surface area (Å²) in [6.07, 6.45) is 4.81. The van der Waals surface area contributed by atoms with Crippen molar-refractivity contribution in [3.63, 3.8) is 0 Å². The topological polar surface area (TPSA) is 105 Å². The second-order valence-electron chi connectivity index (χ2n) is 9.36. The SMILES string of the molecule is O=C(NCC1CC1C(=O)N[C@@H]1C=CC[C@@H](C(=O)O)C1)OCC1c2ccccc2-c2ccccc21. The fraction of sp³-hybridized carbons (Fsp3) is 0.370. The Balaban J connectivity index is 1.08. The number of carbonyl (C=O) groups excluding carboxylic acids is 2. The first-order valence-electron chi connectivity index (χ1n) is 11.8. The Morgan fingerprint density at radius 1 is 0.971 bits per heavy atom. The van der Waals surface area contributed by atoms with Gasteiger partial charge < -0.3 is 20.5 Å². The van der Waals surface area contributed by atoms with Gasteiger partial charge >= 0.3 is 12.1 Å². The van der Waals surface area contributed by atoms with Gasteiger partial charge in [-0.1, -0.05) is 60.7 Å². The molecule has 0 spiro atoms. The van der Waals surface area contributed by atoms with Crippen LogP contribution in [0.2, 0.25) is 0 Å². The van der Waals surface area contributed by atoms with Gasteiger partial charge in [0.15, 0.2) is 0 Å². The zero-order valence-corrected chi connectivity index (χ0v) is 18.8. The largest absolute Gasteiger partial charge is 0.481 e. The second-order valence-corrected chi connectivity index (χ2v) is 9.36. The molecule has 7 nitrogen and oxygen atoms in total. The van der Waals surface area contributed by atoms with E-state index >= 15 is 0 Å². The molecule has 2 unspecified atom stereocenters. The van der Waals surface area contributed by atoms with E-state index < -0.39 is 18.0 Å². The number of hydrogen-bond acceptors (Lipinski definition) is 4. The highest BCUT2D eigenvalue weighted by atomic mass is 16.5. The molecule has 2 aromatic rings. The number of carboxylic acids is 1. The van der Waals surface area contributed by atoms with E-state index in [1.54, 1.807) is 0 Å². The minimum absolute atomic E-state index is 0.00998. The highest BCUT2D eigenvalue weighted by molar-refractivity contribution is 5.82. The van der Waals surface area contributed by atoms with Gasteiger partial charge in [0.1, 0.15) is 6.61 Å². The first kappa shape index (κ1) is 22.2. The maximum absolute atomic E-state index is 12.5. The molecule has 0 saturated heterocycles. The number of aliphatic carboxylic acids is 1. The molecule has 5 rings (SSSR count). The van der Waals surface area contributed by atoms with Gasteiger partial charge in [-0.05, 0) is 47.4 Å². The van der Waals surface area contributed by atoms with Crippen LogP contribution in [0.25, 0.3) is 11.1 Å². The first-order chi connectivity index (χ1) is 16.5. The van der Waals surface area contributed by atoms with Crippen molar-refractivity contribution in [2.75, 3.05) is 13.2 Å². The highest BCUT2D eigenvalue weighted by Crippen LogP contribution is 2.44. The quantitative estimate of drug-likeness (QED) is 0.547. The summed E-state index contributed by atoms with van der Waals surface area (Å²) in [5, 5.41) is 14.9. The molecule has 0 heterocycles. The number of rotatable bonds is 7. The van der Waals surface area contributed by atoms with E-state index in [1.807, 2.05) is 36.4 Å². The maximum Gasteiger partial charge on any atom is 0.407 e. The molecule has 0 radical (unpaired) electrons. The number of nitrogens with one attached hydrogen (secondary N) is 2. The van der Waals surface area contributed by atoms with Crippen molar-refractivity contribution in [2.24, 2.45) is 17.8 Å². The lowest BCUT2D eigenvalue weighted by Crippen LogP contribution is -2.39. The van der Waals surface area contributed by atoms with Crippen LogP contribution < -0.4 is 10.6 Å². The van der Waals surface area contributed by atoms with Crippen LogP contribution in [0.5, 0.6) is 0 Å². The van der Waals surface area contributed by atoms with E-state index in [-0.39, 0.29) is 36.3 Å². The summed E-state index contributed by atoms with van der Waals surface area (Å²) in [6.45, 7) is 0.639. The first-order valence-corrected chi connectivity index (χ1v) is 11.8. The smallest absolute Gasteiger partial charge is 0.407 e. The van der Waals surface area contributed by atoms with Crippen LogP contribution in [0, 0.1) is 17.8 Å². The Bertz CT molecular complexity index is 1100. The Morgan fingerprint density at radius 2 is 1.65 bits per heavy atom. The van der Waals surface area contributed by atoms with E-state index in [0.717, 1.165) is 11.1 Å². The Labute approximate surface area is 198 Å². The van der Waals surface area contributed by atoms with Crippen LogP contribution >= 0.6 is 0 Å². The minimum atomic E-state index is -0.833. The Hall–Kier alpha value is -3.61. The van der Waals surface area contributed by atoms with Gasteiger partial charge in [-0.25, -0.2) is 4.79 Å². The number of carboxylic acid groups (broad SMARTS) is 1. The number of fused-ring (bicyclic) bond motifs is 3. The lowest BCUT2D eigenvalue weighted by Gasteiger charge is -2.22. The zero-order valence-electron chi connectivity index (χ0n) is 18.8. The molecule has 3 aliphatic rings. The van der Waals surface area contributed by atoms with Gasteiger partial charge in [-0.2, -0.15) is 0 Å². The van der Waals surface area contributed by atoms with Crippen molar-refractivity contribution >= 4 is 18.0 Å². The fourth-order valence-electron chi connectivity index (χ4n) is 5.15. The molecule has 0 aromatic heterocycles. The summed E-state index contributed by atoms with van der Waals surface area (Å²) in [5.41, 5.74) is 4.69. The average molecular weight is 461 g/mol. The van der Waals surface area contributed by atoms with Crippen molar-refractivity contribution in [1.82, 2.24) is 10.6 Å². The van der Waals surface area contributed by atoms with Crippen LogP contribution in [-0.4, -0.2) is 42.3 Å². The van der Waals surface area contributed by atoms with Crippen LogP contribution in [0.3, 0.4) is 0 Å². The van der Waals surface area contributed by atoms with Crippen molar-refractivity contribution in [1.29, 1.82) is 0 Å². The number of amides is 2. The van der Waals surface area contributed by atoms with Crippen LogP contribution in [0.4, 0.5) is 4.79 Å². The molecule has 3 N–H and O–H groups in total. The van der Waals surface area contributed by atoms with Gasteiger partial charge in [0.25, 0.3) is 0 Å². The van der Waals surface area contributed by atoms with E-state index in [9.17, 15) is 19.5 Å². The summed E-state index contributed by atoms with van der Waals surface area (Å²) < 4.78 is 5.55. The number of benzene rings is 2. The molecule has 2 aromatic carbocycles. The third kappa shape index (κ3) is 4.55. The van der Waals surface area contributed by atoms with Crippen LogP contribution in [0.15, 0.2) is 60.7 Å². The van der Waals surface area contributed by atoms with Crippen molar-refractivity contribution in [3.8, 4) is 11.1 Å².